The van der Waals surface area contributed by atoms with Crippen LogP contribution >= 0.6 is 0 Å². The highest BCUT2D eigenvalue weighted by molar-refractivity contribution is 7.89. The minimum atomic E-state index is -3.06. The fraction of sp³-hybridized carbons (Fsp3) is 1.00. The van der Waals surface area contributed by atoms with E-state index in [1.54, 1.807) is 4.31 Å². The second-order valence-electron chi connectivity index (χ2n) is 3.74. The number of sulfonamides is 1. The van der Waals surface area contributed by atoms with Crippen molar-refractivity contribution in [3.05, 3.63) is 0 Å². The van der Waals surface area contributed by atoms with E-state index in [1.165, 1.54) is 0 Å². The second kappa shape index (κ2) is 4.59. The summed E-state index contributed by atoms with van der Waals surface area (Å²) in [5.41, 5.74) is 0. The van der Waals surface area contributed by atoms with Crippen LogP contribution in [0.15, 0.2) is 0 Å². The molecule has 0 aromatic carbocycles. The minimum absolute atomic E-state index is 0.00428. The maximum absolute atomic E-state index is 11.8. The van der Waals surface area contributed by atoms with Gasteiger partial charge >= 0.3 is 0 Å². The monoisotopic (exact) mass is 221 g/mol. The minimum Gasteiger partial charge on any atom is -0.375 e. The lowest BCUT2D eigenvalue weighted by Crippen LogP contribution is -2.51. The number of rotatable bonds is 3. The average Bonchev–Trinajstić information content (AvgIpc) is 2.09. The topological polar surface area (TPSA) is 46.6 Å². The summed E-state index contributed by atoms with van der Waals surface area (Å²) < 4.78 is 30.6. The molecule has 1 heterocycles. The highest BCUT2D eigenvalue weighted by atomic mass is 32.2. The highest BCUT2D eigenvalue weighted by Crippen LogP contribution is 2.17. The van der Waals surface area contributed by atoms with E-state index in [1.807, 2.05) is 20.8 Å². The number of morpholine rings is 1. The third kappa shape index (κ3) is 2.46. The molecule has 0 spiro atoms. The Balaban J connectivity index is 2.76. The molecule has 5 heteroatoms. The molecule has 0 aromatic rings. The van der Waals surface area contributed by atoms with E-state index in [0.717, 1.165) is 0 Å². The molecule has 0 amide bonds. The van der Waals surface area contributed by atoms with E-state index >= 15 is 0 Å². The quantitative estimate of drug-likeness (QED) is 0.709. The van der Waals surface area contributed by atoms with Gasteiger partial charge in [-0.1, -0.05) is 6.92 Å². The molecule has 4 nitrogen and oxygen atoms in total. The smallest absolute Gasteiger partial charge is 0.214 e. The van der Waals surface area contributed by atoms with Gasteiger partial charge in [-0.05, 0) is 20.3 Å². The molecular formula is C9H19NO3S. The Hall–Kier alpha value is -0.130. The van der Waals surface area contributed by atoms with Gasteiger partial charge < -0.3 is 4.74 Å². The maximum atomic E-state index is 11.8. The van der Waals surface area contributed by atoms with Crippen molar-refractivity contribution >= 4 is 10.0 Å². The average molecular weight is 221 g/mol. The van der Waals surface area contributed by atoms with Crippen LogP contribution in [0.3, 0.4) is 0 Å². The zero-order valence-electron chi connectivity index (χ0n) is 9.06. The SMILES string of the molecule is CCCS(=O)(=O)N1CCOC(C)C1C. The molecule has 1 rings (SSSR count). The van der Waals surface area contributed by atoms with Crippen LogP contribution in [0.4, 0.5) is 0 Å². The summed E-state index contributed by atoms with van der Waals surface area (Å²) in [7, 11) is -3.06. The van der Waals surface area contributed by atoms with Crippen molar-refractivity contribution in [1.82, 2.24) is 4.31 Å². The van der Waals surface area contributed by atoms with Gasteiger partial charge in [0.05, 0.1) is 18.5 Å². The van der Waals surface area contributed by atoms with Crippen molar-refractivity contribution in [3.8, 4) is 0 Å². The molecule has 0 bridgehead atoms. The third-order valence-corrected chi connectivity index (χ3v) is 4.80. The predicted molar refractivity (Wildman–Crippen MR) is 55.7 cm³/mol. The lowest BCUT2D eigenvalue weighted by Gasteiger charge is -2.36. The van der Waals surface area contributed by atoms with Crippen LogP contribution in [0.2, 0.25) is 0 Å². The van der Waals surface area contributed by atoms with Gasteiger partial charge in [0.25, 0.3) is 0 Å². The van der Waals surface area contributed by atoms with E-state index < -0.39 is 10.0 Å². The van der Waals surface area contributed by atoms with Gasteiger partial charge in [-0.2, -0.15) is 4.31 Å². The Labute approximate surface area is 86.3 Å². The van der Waals surface area contributed by atoms with Gasteiger partial charge in [0.15, 0.2) is 0 Å². The predicted octanol–water partition coefficient (Wildman–Crippen LogP) is 0.835. The Morgan fingerprint density at radius 3 is 2.64 bits per heavy atom. The summed E-state index contributed by atoms with van der Waals surface area (Å²) in [6.07, 6.45) is 0.663. The molecule has 0 aromatic heterocycles. The lowest BCUT2D eigenvalue weighted by molar-refractivity contribution is -0.0231. The maximum Gasteiger partial charge on any atom is 0.214 e. The van der Waals surface area contributed by atoms with E-state index in [9.17, 15) is 8.42 Å². The molecule has 0 N–H and O–H groups in total. The number of hydrogen-bond acceptors (Lipinski definition) is 3. The molecule has 0 saturated carbocycles. The van der Waals surface area contributed by atoms with E-state index in [-0.39, 0.29) is 17.9 Å². The molecular weight excluding hydrogens is 202 g/mol. The zero-order valence-corrected chi connectivity index (χ0v) is 9.88. The first-order valence-electron chi connectivity index (χ1n) is 5.10. The molecule has 0 aliphatic carbocycles. The zero-order chi connectivity index (χ0) is 10.8. The second-order valence-corrected chi connectivity index (χ2v) is 5.78. The molecule has 0 radical (unpaired) electrons. The first-order chi connectivity index (χ1) is 6.49. The summed E-state index contributed by atoms with van der Waals surface area (Å²) in [6.45, 7) is 6.70. The summed E-state index contributed by atoms with van der Waals surface area (Å²) in [4.78, 5) is 0. The molecule has 14 heavy (non-hydrogen) atoms. The first-order valence-corrected chi connectivity index (χ1v) is 6.71. The van der Waals surface area contributed by atoms with E-state index in [0.29, 0.717) is 19.6 Å². The van der Waals surface area contributed by atoms with E-state index in [4.69, 9.17) is 4.74 Å². The van der Waals surface area contributed by atoms with Gasteiger partial charge in [-0.15, -0.1) is 0 Å². The van der Waals surface area contributed by atoms with Crippen LogP contribution in [0.1, 0.15) is 27.2 Å². The van der Waals surface area contributed by atoms with Crippen LogP contribution in [-0.2, 0) is 14.8 Å². The first kappa shape index (κ1) is 11.9. The standard InChI is InChI=1S/C9H19NO3S/c1-4-7-14(11,12)10-5-6-13-9(3)8(10)2/h8-9H,4-7H2,1-3H3. The normalized spacial score (nSPS) is 30.5. The summed E-state index contributed by atoms with van der Waals surface area (Å²) in [5.74, 6) is 0.240. The lowest BCUT2D eigenvalue weighted by atomic mass is 10.2. The number of nitrogens with zero attached hydrogens (tertiary/aromatic N) is 1. The van der Waals surface area contributed by atoms with Crippen molar-refractivity contribution in [1.29, 1.82) is 0 Å². The Morgan fingerprint density at radius 2 is 2.07 bits per heavy atom. The van der Waals surface area contributed by atoms with Crippen molar-refractivity contribution < 1.29 is 13.2 Å². The molecule has 1 saturated heterocycles. The largest absolute Gasteiger partial charge is 0.375 e. The highest BCUT2D eigenvalue weighted by Gasteiger charge is 2.33. The number of ether oxygens (including phenoxy) is 1. The Morgan fingerprint density at radius 1 is 1.43 bits per heavy atom. The van der Waals surface area contributed by atoms with Crippen molar-refractivity contribution in [2.45, 2.75) is 39.3 Å². The fourth-order valence-electron chi connectivity index (χ4n) is 1.67. The van der Waals surface area contributed by atoms with Crippen molar-refractivity contribution in [3.63, 3.8) is 0 Å². The van der Waals surface area contributed by atoms with Crippen LogP contribution in [0.25, 0.3) is 0 Å². The van der Waals surface area contributed by atoms with Crippen molar-refractivity contribution in [2.75, 3.05) is 18.9 Å². The number of hydrogen-bond donors (Lipinski definition) is 0. The van der Waals surface area contributed by atoms with Gasteiger partial charge in [-0.25, -0.2) is 8.42 Å². The fourth-order valence-corrected chi connectivity index (χ4v) is 3.45. The molecule has 84 valence electrons. The van der Waals surface area contributed by atoms with Crippen LogP contribution in [0, 0.1) is 0 Å². The summed E-state index contributed by atoms with van der Waals surface area (Å²) in [6, 6.07) is -0.0414. The Kier molecular flexibility index (Phi) is 3.92. The molecule has 1 aliphatic rings. The molecule has 2 unspecified atom stereocenters. The van der Waals surface area contributed by atoms with E-state index in [2.05, 4.69) is 0 Å². The van der Waals surface area contributed by atoms with Gasteiger partial charge in [0.2, 0.25) is 10.0 Å². The summed E-state index contributed by atoms with van der Waals surface area (Å²) >= 11 is 0. The van der Waals surface area contributed by atoms with Crippen LogP contribution in [0.5, 0.6) is 0 Å². The summed E-state index contributed by atoms with van der Waals surface area (Å²) in [5, 5.41) is 0. The third-order valence-electron chi connectivity index (χ3n) is 2.65. The van der Waals surface area contributed by atoms with Gasteiger partial charge in [0, 0.05) is 12.6 Å². The molecule has 1 aliphatic heterocycles. The van der Waals surface area contributed by atoms with Gasteiger partial charge in [0.1, 0.15) is 0 Å². The van der Waals surface area contributed by atoms with Crippen molar-refractivity contribution in [2.24, 2.45) is 0 Å². The van der Waals surface area contributed by atoms with Crippen LogP contribution in [-0.4, -0.2) is 43.8 Å². The Bertz CT molecular complexity index is 276. The van der Waals surface area contributed by atoms with Crippen LogP contribution < -0.4 is 0 Å². The molecule has 2 atom stereocenters. The van der Waals surface area contributed by atoms with Gasteiger partial charge in [-0.3, -0.25) is 0 Å². The molecule has 1 fully saturated rings.